The van der Waals surface area contributed by atoms with E-state index in [1.165, 1.54) is 6.08 Å². The molecule has 0 spiro atoms. The number of hydrogen-bond donors (Lipinski definition) is 2. The molecule has 0 amide bonds. The molecule has 1 aromatic heterocycles. The molecule has 47 heavy (non-hydrogen) atoms. The number of hydrogen-bond acceptors (Lipinski definition) is 8. The van der Waals surface area contributed by atoms with Crippen LogP contribution in [-0.2, 0) is 4.74 Å². The predicted molar refractivity (Wildman–Crippen MR) is 188 cm³/mol. The molecule has 4 heterocycles. The van der Waals surface area contributed by atoms with Gasteiger partial charge in [-0.2, -0.15) is 9.97 Å². The van der Waals surface area contributed by atoms with E-state index in [9.17, 15) is 5.11 Å². The highest BCUT2D eigenvalue weighted by Crippen LogP contribution is 2.38. The number of ether oxygens (including phenoxy) is 2. The van der Waals surface area contributed by atoms with Crippen molar-refractivity contribution in [2.45, 2.75) is 84.1 Å². The molecule has 3 aromatic rings. The number of aliphatic hydroxyl groups is 1. The molecule has 8 nitrogen and oxygen atoms in total. The van der Waals surface area contributed by atoms with Crippen molar-refractivity contribution in [3.8, 4) is 6.01 Å². The molecule has 0 aliphatic carbocycles. The van der Waals surface area contributed by atoms with Crippen LogP contribution in [0, 0.1) is 12.7 Å². The van der Waals surface area contributed by atoms with Gasteiger partial charge in [-0.3, -0.25) is 4.90 Å². The van der Waals surface area contributed by atoms with Crippen molar-refractivity contribution in [2.24, 2.45) is 0 Å². The Hall–Kier alpha value is -3.24. The van der Waals surface area contributed by atoms with Gasteiger partial charge in [-0.05, 0) is 80.9 Å². The van der Waals surface area contributed by atoms with Gasteiger partial charge in [-0.1, -0.05) is 49.7 Å². The summed E-state index contributed by atoms with van der Waals surface area (Å²) < 4.78 is 28.9. The summed E-state index contributed by atoms with van der Waals surface area (Å²) in [6.45, 7) is 12.7. The summed E-state index contributed by atoms with van der Waals surface area (Å²) in [5, 5.41) is 15.2. The third-order valence-corrected chi connectivity index (χ3v) is 9.98. The lowest BCUT2D eigenvalue weighted by Gasteiger charge is -2.37. The van der Waals surface area contributed by atoms with Crippen molar-refractivity contribution in [1.82, 2.24) is 20.2 Å². The third kappa shape index (κ3) is 7.75. The minimum atomic E-state index is -0.555. The number of nitrogens with one attached hydrogen (secondary N) is 1. The Kier molecular flexibility index (Phi) is 10.7. The number of anilines is 1. The first-order valence-corrected chi connectivity index (χ1v) is 17.5. The zero-order valence-corrected chi connectivity index (χ0v) is 28.7. The van der Waals surface area contributed by atoms with Gasteiger partial charge in [0.1, 0.15) is 17.1 Å². The number of aliphatic hydroxyl groups excluding tert-OH is 1. The van der Waals surface area contributed by atoms with Crippen LogP contribution in [0.1, 0.15) is 69.6 Å². The van der Waals surface area contributed by atoms with Gasteiger partial charge in [-0.25, -0.2) is 4.39 Å². The van der Waals surface area contributed by atoms with Gasteiger partial charge in [0.15, 0.2) is 5.82 Å². The molecule has 252 valence electrons. The Balaban J connectivity index is 1.28. The zero-order valence-electron chi connectivity index (χ0n) is 27.9. The first-order valence-electron chi connectivity index (χ1n) is 17.1. The second kappa shape index (κ2) is 14.9. The van der Waals surface area contributed by atoms with E-state index in [2.05, 4.69) is 33.9 Å². The standard InChI is InChI=1S/C37H47ClFN5O3/c1-5-29-21-43(22-30(6-2)47-29)14-9-15-46-37-41-35-31(36(42-37)44-19-26-12-13-27(20-44)40-26)18-32(38)33(34(35)39)24(4)16-28(45)17-25-11-8-7-10-23(25)3/h7-8,10-11,16-18,26-27,29-30,40,45H,5-6,9,12-15,19-22H2,1-4H3/b24-16+,28-17+/t26?,27?,29-,30+. The molecule has 4 atom stereocenters. The van der Waals surface area contributed by atoms with Crippen LogP contribution in [0.2, 0.25) is 5.02 Å². The van der Waals surface area contributed by atoms with Gasteiger partial charge in [0.25, 0.3) is 0 Å². The average molecular weight is 664 g/mol. The number of fused-ring (bicyclic) bond motifs is 3. The predicted octanol–water partition coefficient (Wildman–Crippen LogP) is 7.33. The first-order chi connectivity index (χ1) is 22.7. The summed E-state index contributed by atoms with van der Waals surface area (Å²) >= 11 is 6.80. The monoisotopic (exact) mass is 663 g/mol. The number of allylic oxidation sites excluding steroid dienone is 2. The molecule has 0 saturated carbocycles. The van der Waals surface area contributed by atoms with Crippen molar-refractivity contribution >= 4 is 40.0 Å². The Morgan fingerprint density at radius 1 is 1.11 bits per heavy atom. The topological polar surface area (TPSA) is 83.0 Å². The lowest BCUT2D eigenvalue weighted by Crippen LogP contribution is -2.51. The van der Waals surface area contributed by atoms with Crippen LogP contribution in [0.3, 0.4) is 0 Å². The van der Waals surface area contributed by atoms with Crippen LogP contribution in [-0.4, -0.2) is 83.6 Å². The van der Waals surface area contributed by atoms with E-state index in [4.69, 9.17) is 26.1 Å². The lowest BCUT2D eigenvalue weighted by molar-refractivity contribution is -0.0875. The molecule has 2 aromatic carbocycles. The number of nitrogens with zero attached hydrogens (tertiary/aromatic N) is 4. The summed E-state index contributed by atoms with van der Waals surface area (Å²) in [5.74, 6) is 0.0948. The van der Waals surface area contributed by atoms with Crippen molar-refractivity contribution < 1.29 is 19.0 Å². The Labute approximate surface area is 282 Å². The fraction of sp³-hybridized carbons (Fsp3) is 0.514. The average Bonchev–Trinajstić information content (AvgIpc) is 3.40. The van der Waals surface area contributed by atoms with E-state index in [-0.39, 0.29) is 40.1 Å². The molecule has 10 heteroatoms. The summed E-state index contributed by atoms with van der Waals surface area (Å²) in [5.41, 5.74) is 2.75. The SMILES string of the molecule is CC[C@@H]1CN(CCCOc2nc(N3CC4CCC(C3)N4)c3cc(Cl)c(/C(C)=C/C(O)=C\c4ccccc4C)c(F)c3n2)C[C@H](CC)O1. The molecule has 6 rings (SSSR count). The normalized spacial score (nSPS) is 23.9. The van der Waals surface area contributed by atoms with Crippen LogP contribution in [0.4, 0.5) is 10.2 Å². The van der Waals surface area contributed by atoms with Crippen LogP contribution in [0.5, 0.6) is 6.01 Å². The number of aromatic nitrogens is 2. The van der Waals surface area contributed by atoms with Crippen molar-refractivity contribution in [1.29, 1.82) is 0 Å². The number of piperazine rings is 1. The van der Waals surface area contributed by atoms with E-state index in [0.717, 1.165) is 76.0 Å². The van der Waals surface area contributed by atoms with Gasteiger partial charge in [0.2, 0.25) is 0 Å². The maximum atomic E-state index is 16.6. The van der Waals surface area contributed by atoms with Crippen LogP contribution in [0.25, 0.3) is 22.6 Å². The van der Waals surface area contributed by atoms with Gasteiger partial charge < -0.3 is 24.8 Å². The van der Waals surface area contributed by atoms with Crippen molar-refractivity contribution in [3.05, 3.63) is 69.7 Å². The second-order valence-electron chi connectivity index (χ2n) is 13.2. The maximum absolute atomic E-state index is 16.6. The molecule has 3 fully saturated rings. The second-order valence-corrected chi connectivity index (χ2v) is 13.6. The van der Waals surface area contributed by atoms with Crippen molar-refractivity contribution in [3.63, 3.8) is 0 Å². The van der Waals surface area contributed by atoms with E-state index in [1.807, 2.05) is 31.2 Å². The first kappa shape index (κ1) is 33.7. The molecule has 0 radical (unpaired) electrons. The number of halogens is 2. The smallest absolute Gasteiger partial charge is 0.319 e. The summed E-state index contributed by atoms with van der Waals surface area (Å²) in [6.07, 6.45) is 8.73. The Bertz CT molecular complexity index is 1620. The number of rotatable bonds is 11. The Morgan fingerprint density at radius 2 is 1.81 bits per heavy atom. The molecular weight excluding hydrogens is 617 g/mol. The maximum Gasteiger partial charge on any atom is 0.319 e. The molecule has 3 saturated heterocycles. The minimum absolute atomic E-state index is 0.00633. The molecule has 3 aliphatic heterocycles. The summed E-state index contributed by atoms with van der Waals surface area (Å²) in [7, 11) is 0. The van der Waals surface area contributed by atoms with Crippen LogP contribution < -0.4 is 15.0 Å². The summed E-state index contributed by atoms with van der Waals surface area (Å²) in [4.78, 5) is 14.1. The van der Waals surface area contributed by atoms with E-state index in [1.54, 1.807) is 19.1 Å². The highest BCUT2D eigenvalue weighted by atomic mass is 35.5. The lowest BCUT2D eigenvalue weighted by atomic mass is 10.0. The number of benzene rings is 2. The largest absolute Gasteiger partial charge is 0.508 e. The van der Waals surface area contributed by atoms with E-state index in [0.29, 0.717) is 35.5 Å². The highest BCUT2D eigenvalue weighted by molar-refractivity contribution is 6.33. The number of morpholine rings is 1. The fourth-order valence-electron chi connectivity index (χ4n) is 7.13. The van der Waals surface area contributed by atoms with Gasteiger partial charge in [0.05, 0.1) is 23.8 Å². The minimum Gasteiger partial charge on any atom is -0.508 e. The van der Waals surface area contributed by atoms with Gasteiger partial charge >= 0.3 is 6.01 Å². The Morgan fingerprint density at radius 3 is 2.49 bits per heavy atom. The zero-order chi connectivity index (χ0) is 33.1. The molecule has 2 N–H and O–H groups in total. The summed E-state index contributed by atoms with van der Waals surface area (Å²) in [6, 6.07) is 10.4. The third-order valence-electron chi connectivity index (χ3n) is 9.68. The fourth-order valence-corrected chi connectivity index (χ4v) is 7.48. The van der Waals surface area contributed by atoms with Gasteiger partial charge in [-0.15, -0.1) is 0 Å². The van der Waals surface area contributed by atoms with E-state index >= 15 is 4.39 Å². The molecule has 3 aliphatic rings. The van der Waals surface area contributed by atoms with E-state index < -0.39 is 5.82 Å². The number of aryl methyl sites for hydroxylation is 1. The van der Waals surface area contributed by atoms with Crippen LogP contribution in [0.15, 0.2) is 42.2 Å². The highest BCUT2D eigenvalue weighted by Gasteiger charge is 2.34. The van der Waals surface area contributed by atoms with Crippen molar-refractivity contribution in [2.75, 3.05) is 44.2 Å². The molecular formula is C37H47ClFN5O3. The quantitative estimate of drug-likeness (QED) is 0.125. The molecule has 2 bridgehead atoms. The van der Waals surface area contributed by atoms with Crippen LogP contribution >= 0.6 is 11.6 Å². The van der Waals surface area contributed by atoms with Gasteiger partial charge in [0, 0.05) is 55.8 Å². The molecule has 2 unspecified atom stereocenters.